The molecule has 0 bridgehead atoms. The Kier molecular flexibility index (Phi) is 18.9. The van der Waals surface area contributed by atoms with Gasteiger partial charge >= 0.3 is 12.1 Å². The quantitative estimate of drug-likeness (QED) is 0.0663. The molecule has 15 nitrogen and oxygen atoms in total. The van der Waals surface area contributed by atoms with Gasteiger partial charge in [0.1, 0.15) is 34.8 Å². The van der Waals surface area contributed by atoms with E-state index in [-0.39, 0.29) is 12.5 Å². The van der Waals surface area contributed by atoms with Gasteiger partial charge in [-0.1, -0.05) is 51.1 Å². The van der Waals surface area contributed by atoms with Crippen molar-refractivity contribution in [3.8, 4) is 0 Å². The summed E-state index contributed by atoms with van der Waals surface area (Å²) in [6, 6.07) is 10.9. The molecule has 2 aromatic carbocycles. The normalized spacial score (nSPS) is 15.4. The van der Waals surface area contributed by atoms with E-state index in [0.717, 1.165) is 42.7 Å². The third kappa shape index (κ3) is 15.3. The van der Waals surface area contributed by atoms with Crippen LogP contribution >= 0.6 is 23.1 Å². The number of nitrogens with zero attached hydrogens (tertiary/aromatic N) is 3. The Morgan fingerprint density at radius 3 is 2.24 bits per heavy atom. The molecule has 0 radical (unpaired) electrons. The summed E-state index contributed by atoms with van der Waals surface area (Å²) in [5.41, 5.74) is 2.01. The van der Waals surface area contributed by atoms with Crippen LogP contribution in [0.15, 0.2) is 53.5 Å². The number of thiazole rings is 1. The van der Waals surface area contributed by atoms with E-state index in [9.17, 15) is 29.1 Å². The minimum absolute atomic E-state index is 0.0422. The van der Waals surface area contributed by atoms with Gasteiger partial charge in [0.25, 0.3) is 0 Å². The fourth-order valence-electron chi connectivity index (χ4n) is 6.18. The van der Waals surface area contributed by atoms with E-state index in [0.29, 0.717) is 59.1 Å². The number of carboxylic acid groups (broad SMARTS) is 1. The number of aromatic nitrogens is 1. The zero-order valence-corrected chi connectivity index (χ0v) is 35.7. The molecule has 0 saturated heterocycles. The molecule has 6 N–H and O–H groups in total. The number of hydrogen-bond acceptors (Lipinski definition) is 12. The highest BCUT2D eigenvalue weighted by molar-refractivity contribution is 8.15. The number of benzene rings is 2. The van der Waals surface area contributed by atoms with Gasteiger partial charge in [-0.25, -0.2) is 14.6 Å². The zero-order valence-electron chi connectivity index (χ0n) is 34.0. The first-order chi connectivity index (χ1) is 27.8. The minimum atomic E-state index is -0.973. The van der Waals surface area contributed by atoms with Crippen LogP contribution in [0.5, 0.6) is 0 Å². The largest absolute Gasteiger partial charge is 0.480 e. The van der Waals surface area contributed by atoms with Gasteiger partial charge < -0.3 is 41.3 Å². The maximum atomic E-state index is 14.1. The zero-order chi connectivity index (χ0) is 42.0. The van der Waals surface area contributed by atoms with Crippen LogP contribution in [0.3, 0.4) is 0 Å². The lowest BCUT2D eigenvalue weighted by Crippen LogP contribution is -2.56. The van der Waals surface area contributed by atoms with Gasteiger partial charge in [0, 0.05) is 11.4 Å². The number of thioether (sulfide) groups is 1. The summed E-state index contributed by atoms with van der Waals surface area (Å²) < 4.78 is 6.19. The Bertz CT molecular complexity index is 1860. The topological polar surface area (TPSA) is 203 Å². The predicted octanol–water partition coefficient (Wildman–Crippen LogP) is 5.00. The standard InChI is InChI=1S/C41H58N8O7S2/c1-6-42-20-12-10-16-30(35(50)43-28-18-19-29-34(23-28)58-39(46-29)38-47-33(25-57-38)40(53)54)44-36(51)31(17-11-13-21-49(4)5)45-37(52)32(22-26(2)3)48-41(55)56-24-27-14-8-7-9-15-27/h7-9,14-15,18-19,23,26,30-33,42H,6,10-13,16-17,20-22,24-25H2,1-5H3,(H,43,50)(H,44,51)(H,45,52)(H,48,55)(H,53,54). The van der Waals surface area contributed by atoms with E-state index < -0.39 is 54.0 Å². The number of rotatable bonds is 24. The molecule has 4 atom stereocenters. The maximum absolute atomic E-state index is 14.1. The van der Waals surface area contributed by atoms with Crippen LogP contribution in [0.2, 0.25) is 0 Å². The number of nitrogens with one attached hydrogen (secondary N) is 5. The van der Waals surface area contributed by atoms with Gasteiger partial charge in [0.15, 0.2) is 6.04 Å². The number of hydrogen-bond donors (Lipinski definition) is 6. The minimum Gasteiger partial charge on any atom is -0.480 e. The summed E-state index contributed by atoms with van der Waals surface area (Å²) in [5.74, 6) is -1.98. The highest BCUT2D eigenvalue weighted by Gasteiger charge is 2.31. The molecule has 58 heavy (non-hydrogen) atoms. The second-order valence-corrected chi connectivity index (χ2v) is 17.0. The number of ether oxygens (including phenoxy) is 1. The number of alkyl carbamates (subject to hydrolysis) is 1. The number of carbonyl (C=O) groups is 5. The number of anilines is 1. The molecule has 4 amide bonds. The molecule has 17 heteroatoms. The summed E-state index contributed by atoms with van der Waals surface area (Å²) in [5, 5.41) is 25.3. The van der Waals surface area contributed by atoms with Crippen molar-refractivity contribution in [1.29, 1.82) is 0 Å². The molecule has 2 heterocycles. The number of carboxylic acids is 1. The van der Waals surface area contributed by atoms with E-state index in [1.807, 2.05) is 70.1 Å². The van der Waals surface area contributed by atoms with E-state index in [1.165, 1.54) is 23.1 Å². The third-order valence-corrected chi connectivity index (χ3v) is 11.5. The lowest BCUT2D eigenvalue weighted by molar-refractivity contribution is -0.137. The molecule has 0 saturated carbocycles. The van der Waals surface area contributed by atoms with Crippen molar-refractivity contribution < 1.29 is 33.8 Å². The third-order valence-electron chi connectivity index (χ3n) is 9.26. The van der Waals surface area contributed by atoms with Gasteiger partial charge in [-0.3, -0.25) is 19.4 Å². The molecular formula is C41H58N8O7S2. The number of aliphatic imine (C=N–C) groups is 1. The Morgan fingerprint density at radius 1 is 0.897 bits per heavy atom. The number of unbranched alkanes of at least 4 members (excludes halogenated alkanes) is 2. The van der Waals surface area contributed by atoms with Crippen LogP contribution in [0.1, 0.15) is 76.3 Å². The molecule has 0 aliphatic carbocycles. The van der Waals surface area contributed by atoms with Gasteiger partial charge in [0.05, 0.1) is 10.2 Å². The second kappa shape index (κ2) is 23.7. The van der Waals surface area contributed by atoms with Crippen molar-refractivity contribution >= 4 is 73.8 Å². The monoisotopic (exact) mass is 838 g/mol. The first-order valence-corrected chi connectivity index (χ1v) is 21.7. The summed E-state index contributed by atoms with van der Waals surface area (Å²) >= 11 is 2.72. The molecular weight excluding hydrogens is 781 g/mol. The summed E-state index contributed by atoms with van der Waals surface area (Å²) in [6.45, 7) is 8.32. The van der Waals surface area contributed by atoms with Crippen LogP contribution in [-0.2, 0) is 30.5 Å². The molecule has 1 aliphatic rings. The average molecular weight is 839 g/mol. The number of amides is 4. The van der Waals surface area contributed by atoms with Crippen molar-refractivity contribution in [2.24, 2.45) is 10.9 Å². The van der Waals surface area contributed by atoms with Crippen LogP contribution in [0, 0.1) is 5.92 Å². The van der Waals surface area contributed by atoms with Crippen LogP contribution in [-0.4, -0.2) is 113 Å². The highest BCUT2D eigenvalue weighted by Crippen LogP contribution is 2.31. The molecule has 1 aliphatic heterocycles. The van der Waals surface area contributed by atoms with E-state index in [2.05, 4.69) is 36.6 Å². The smallest absolute Gasteiger partial charge is 0.408 e. The number of fused-ring (bicyclic) bond motifs is 1. The van der Waals surface area contributed by atoms with Crippen LogP contribution in [0.25, 0.3) is 10.2 Å². The maximum Gasteiger partial charge on any atom is 0.408 e. The van der Waals surface area contributed by atoms with E-state index in [1.54, 1.807) is 18.2 Å². The van der Waals surface area contributed by atoms with Gasteiger partial charge in [-0.2, -0.15) is 0 Å². The number of aliphatic carboxylic acids is 1. The number of carbonyl (C=O) groups excluding carboxylic acids is 4. The van der Waals surface area contributed by atoms with E-state index in [4.69, 9.17) is 4.74 Å². The van der Waals surface area contributed by atoms with Crippen molar-refractivity contribution in [3.63, 3.8) is 0 Å². The molecule has 0 fully saturated rings. The molecule has 0 spiro atoms. The van der Waals surface area contributed by atoms with Gasteiger partial charge in [-0.05, 0) is 108 Å². The first kappa shape index (κ1) is 46.1. The van der Waals surface area contributed by atoms with Crippen LogP contribution < -0.4 is 26.6 Å². The summed E-state index contributed by atoms with van der Waals surface area (Å²) in [7, 11) is 3.94. The van der Waals surface area contributed by atoms with Crippen molar-refractivity contribution in [3.05, 3.63) is 59.1 Å². The molecule has 316 valence electrons. The average Bonchev–Trinajstić information content (AvgIpc) is 3.85. The summed E-state index contributed by atoms with van der Waals surface area (Å²) in [6.07, 6.45) is 3.14. The molecule has 4 unspecified atom stereocenters. The highest BCUT2D eigenvalue weighted by atomic mass is 32.2. The van der Waals surface area contributed by atoms with Crippen molar-refractivity contribution in [2.45, 2.75) is 96.5 Å². The van der Waals surface area contributed by atoms with Crippen molar-refractivity contribution in [1.82, 2.24) is 31.2 Å². The first-order valence-electron chi connectivity index (χ1n) is 19.9. The fraction of sp³-hybridized carbons (Fsp3) is 0.537. The van der Waals surface area contributed by atoms with Crippen molar-refractivity contribution in [2.75, 3.05) is 44.8 Å². The lowest BCUT2D eigenvalue weighted by atomic mass is 10.0. The fourth-order valence-corrected chi connectivity index (χ4v) is 8.29. The Hall–Kier alpha value is -4.58. The molecule has 4 rings (SSSR count). The summed E-state index contributed by atoms with van der Waals surface area (Å²) in [4.78, 5) is 77.1. The second-order valence-electron chi connectivity index (χ2n) is 14.9. The van der Waals surface area contributed by atoms with E-state index >= 15 is 0 Å². The lowest BCUT2D eigenvalue weighted by Gasteiger charge is -2.26. The van der Waals surface area contributed by atoms with Gasteiger partial charge in [-0.15, -0.1) is 23.1 Å². The predicted molar refractivity (Wildman–Crippen MR) is 230 cm³/mol. The van der Waals surface area contributed by atoms with Crippen LogP contribution in [0.4, 0.5) is 10.5 Å². The Balaban J connectivity index is 1.48. The Morgan fingerprint density at radius 2 is 1.59 bits per heavy atom. The SMILES string of the molecule is CCNCCCCC(NC(=O)C(CCCCN(C)C)NC(=O)C(CC(C)C)NC(=O)OCc1ccccc1)C(=O)Nc1ccc2nc(C3=NC(C(=O)O)CS3)sc2c1. The molecule has 3 aromatic rings. The van der Waals surface area contributed by atoms with Gasteiger partial charge in [0.2, 0.25) is 17.7 Å². The molecule has 1 aromatic heterocycles. The Labute approximate surface area is 348 Å².